The molecule has 0 amide bonds. The molecule has 1 aromatic carbocycles. The molecule has 0 aliphatic heterocycles. The summed E-state index contributed by atoms with van der Waals surface area (Å²) in [5, 5.41) is 0. The predicted molar refractivity (Wildman–Crippen MR) is 52.7 cm³/mol. The molecule has 52 valence electrons. The van der Waals surface area contributed by atoms with Gasteiger partial charge in [0.2, 0.25) is 0 Å². The summed E-state index contributed by atoms with van der Waals surface area (Å²) in [4.78, 5) is 0. The van der Waals surface area contributed by atoms with E-state index in [2.05, 4.69) is 31.2 Å². The molecule has 0 saturated carbocycles. The predicted octanol–water partition coefficient (Wildman–Crippen LogP) is 2.06. The summed E-state index contributed by atoms with van der Waals surface area (Å²) in [6.45, 7) is 2.09. The van der Waals surface area contributed by atoms with Crippen molar-refractivity contribution in [3.05, 3.63) is 29.8 Å². The molecule has 0 unspecified atom stereocenters. The van der Waals surface area contributed by atoms with Crippen molar-refractivity contribution >= 4 is 49.0 Å². The maximum atomic E-state index is 5.74. The lowest BCUT2D eigenvalue weighted by atomic mass is 10.2. The first-order valence-electron chi connectivity index (χ1n) is 2.94. The van der Waals surface area contributed by atoms with Gasteiger partial charge in [0.05, 0.1) is 0 Å². The van der Waals surface area contributed by atoms with Gasteiger partial charge in [-0.05, 0) is 6.92 Å². The molecule has 10 heavy (non-hydrogen) atoms. The molecule has 0 atom stereocenters. The van der Waals surface area contributed by atoms with Crippen LogP contribution in [0, 0.1) is 6.92 Å². The number of hydrogen-bond donors (Lipinski definition) is 0. The van der Waals surface area contributed by atoms with E-state index in [1.165, 1.54) is 9.26 Å². The van der Waals surface area contributed by atoms with Gasteiger partial charge in [0, 0.05) is 0 Å². The van der Waals surface area contributed by atoms with Crippen LogP contribution in [0.2, 0.25) is 0 Å². The second-order valence-electron chi connectivity index (χ2n) is 2.12. The summed E-state index contributed by atoms with van der Waals surface area (Å²) in [5.41, 5.74) is 1.31. The van der Waals surface area contributed by atoms with Crippen LogP contribution in [0.5, 0.6) is 0 Å². The molecule has 0 nitrogen and oxygen atoms in total. The topological polar surface area (TPSA) is 0 Å². The second kappa shape index (κ2) is 5.41. The van der Waals surface area contributed by atoms with Crippen molar-refractivity contribution in [2.45, 2.75) is 6.92 Å². The SMILES string of the molecule is Br.Cc1ccc[c]([Mg][Cl])c1. The molecular weight excluding hydrogens is 224 g/mol. The molecule has 1 rings (SSSR count). The van der Waals surface area contributed by atoms with E-state index < -0.39 is 19.3 Å². The zero-order valence-corrected chi connectivity index (χ0v) is 9.69. The van der Waals surface area contributed by atoms with Crippen molar-refractivity contribution < 1.29 is 0 Å². The third-order valence-corrected chi connectivity index (χ3v) is 2.91. The molecule has 0 aliphatic carbocycles. The van der Waals surface area contributed by atoms with Gasteiger partial charge in [0.1, 0.15) is 0 Å². The lowest BCUT2D eigenvalue weighted by Gasteiger charge is -1.93. The van der Waals surface area contributed by atoms with Gasteiger partial charge in [0.25, 0.3) is 0 Å². The van der Waals surface area contributed by atoms with Gasteiger partial charge in [-0.2, -0.15) is 0 Å². The molecule has 3 heteroatoms. The zero-order chi connectivity index (χ0) is 6.69. The van der Waals surface area contributed by atoms with Crippen molar-refractivity contribution in [2.75, 3.05) is 0 Å². The van der Waals surface area contributed by atoms with Gasteiger partial charge in [-0.15, -0.1) is 20.7 Å². The monoisotopic (exact) mass is 230 g/mol. The summed E-state index contributed by atoms with van der Waals surface area (Å²) < 4.78 is 1.33. The highest BCUT2D eigenvalue weighted by atomic mass is 79.9. The van der Waals surface area contributed by atoms with E-state index in [1.807, 2.05) is 0 Å². The van der Waals surface area contributed by atoms with Crippen molar-refractivity contribution in [3.63, 3.8) is 0 Å². The number of halogens is 2. The Kier molecular flexibility index (Phi) is 5.82. The second-order valence-corrected chi connectivity index (χ2v) is 4.01. The van der Waals surface area contributed by atoms with Gasteiger partial charge in [-0.3, -0.25) is 0 Å². The Labute approximate surface area is 85.2 Å². The fraction of sp³-hybridized carbons (Fsp3) is 0.143. The molecule has 0 radical (unpaired) electrons. The summed E-state index contributed by atoms with van der Waals surface area (Å²) >= 11 is -0.458. The van der Waals surface area contributed by atoms with Crippen LogP contribution < -0.4 is 3.69 Å². The van der Waals surface area contributed by atoms with Crippen molar-refractivity contribution in [1.29, 1.82) is 0 Å². The highest BCUT2D eigenvalue weighted by molar-refractivity contribution is 8.93. The summed E-state index contributed by atoms with van der Waals surface area (Å²) in [6.07, 6.45) is 0. The van der Waals surface area contributed by atoms with Gasteiger partial charge >= 0.3 is 19.3 Å². The van der Waals surface area contributed by atoms with E-state index in [0.717, 1.165) is 0 Å². The Hall–Kier alpha value is 0.756. The van der Waals surface area contributed by atoms with Crippen molar-refractivity contribution in [2.24, 2.45) is 0 Å². The molecular formula is C7H8BrClMg. The minimum Gasteiger partial charge on any atom is -0.336 e. The largest absolute Gasteiger partial charge is 0.538 e. The van der Waals surface area contributed by atoms with Crippen LogP contribution in [0.1, 0.15) is 5.56 Å². The first kappa shape index (κ1) is 10.8. The Morgan fingerprint density at radius 2 is 2.10 bits per heavy atom. The maximum absolute atomic E-state index is 5.74. The van der Waals surface area contributed by atoms with Crippen LogP contribution in [-0.4, -0.2) is 19.3 Å². The molecule has 0 heterocycles. The summed E-state index contributed by atoms with van der Waals surface area (Å²) in [6, 6.07) is 8.38. The van der Waals surface area contributed by atoms with E-state index >= 15 is 0 Å². The number of rotatable bonds is 1. The van der Waals surface area contributed by atoms with Crippen LogP contribution in [-0.2, 0) is 0 Å². The van der Waals surface area contributed by atoms with Crippen LogP contribution >= 0.6 is 26.1 Å². The van der Waals surface area contributed by atoms with Gasteiger partial charge in [-0.1, -0.05) is 29.8 Å². The fourth-order valence-electron chi connectivity index (χ4n) is 0.795. The van der Waals surface area contributed by atoms with E-state index in [9.17, 15) is 0 Å². The average Bonchev–Trinajstić information content (AvgIpc) is 1.88. The molecule has 0 fully saturated rings. The Morgan fingerprint density at radius 1 is 1.40 bits per heavy atom. The molecule has 1 aromatic rings. The van der Waals surface area contributed by atoms with E-state index in [-0.39, 0.29) is 17.0 Å². The van der Waals surface area contributed by atoms with Gasteiger partial charge in [0.15, 0.2) is 0 Å². The maximum Gasteiger partial charge on any atom is 0.538 e. The van der Waals surface area contributed by atoms with Crippen LogP contribution in [0.3, 0.4) is 0 Å². The molecule has 0 bridgehead atoms. The van der Waals surface area contributed by atoms with Crippen molar-refractivity contribution in [1.82, 2.24) is 0 Å². The van der Waals surface area contributed by atoms with Crippen molar-refractivity contribution in [3.8, 4) is 0 Å². The minimum absolute atomic E-state index is 0. The van der Waals surface area contributed by atoms with Gasteiger partial charge in [-0.25, -0.2) is 0 Å². The zero-order valence-electron chi connectivity index (χ0n) is 5.80. The number of benzene rings is 1. The number of hydrogen-bond acceptors (Lipinski definition) is 0. The standard InChI is InChI=1S/C7H7.BrH.ClH.Mg/c1-7-5-3-2-4-6-7;;;/h2-3,5-6H,1H3;2*1H;/q;;;+1/p-1. The third kappa shape index (κ3) is 3.24. The molecule has 0 spiro atoms. The molecule has 0 aromatic heterocycles. The lowest BCUT2D eigenvalue weighted by molar-refractivity contribution is 1.50. The first-order chi connectivity index (χ1) is 4.33. The highest BCUT2D eigenvalue weighted by Crippen LogP contribution is 1.92. The Bertz CT molecular complexity index is 203. The smallest absolute Gasteiger partial charge is 0.336 e. The van der Waals surface area contributed by atoms with E-state index in [0.29, 0.717) is 0 Å². The average molecular weight is 232 g/mol. The fourth-order valence-corrected chi connectivity index (χ4v) is 1.92. The third-order valence-electron chi connectivity index (χ3n) is 1.24. The van der Waals surface area contributed by atoms with Crippen LogP contribution in [0.15, 0.2) is 24.3 Å². The quantitative estimate of drug-likeness (QED) is 0.650. The summed E-state index contributed by atoms with van der Waals surface area (Å²) in [5.74, 6) is 0. The minimum atomic E-state index is -0.458. The molecule has 0 N–H and O–H groups in total. The van der Waals surface area contributed by atoms with Gasteiger partial charge < -0.3 is 9.07 Å². The Balaban J connectivity index is 0.000000810. The first-order valence-corrected chi connectivity index (χ1v) is 5.79. The Morgan fingerprint density at radius 3 is 2.50 bits per heavy atom. The number of aryl methyl sites for hydroxylation is 1. The van der Waals surface area contributed by atoms with E-state index in [1.54, 1.807) is 0 Å². The summed E-state index contributed by atoms with van der Waals surface area (Å²) in [7, 11) is 5.74. The lowest BCUT2D eigenvalue weighted by Crippen LogP contribution is -2.07. The molecule has 0 aliphatic rings. The normalized spacial score (nSPS) is 7.80. The molecule has 0 saturated heterocycles. The van der Waals surface area contributed by atoms with E-state index in [4.69, 9.17) is 9.07 Å². The highest BCUT2D eigenvalue weighted by Gasteiger charge is 1.92. The van der Waals surface area contributed by atoms with Crippen LogP contribution in [0.25, 0.3) is 0 Å². The van der Waals surface area contributed by atoms with Crippen LogP contribution in [0.4, 0.5) is 0 Å².